The first-order valence-corrected chi connectivity index (χ1v) is 8.79. The van der Waals surface area contributed by atoms with Gasteiger partial charge in [-0.15, -0.1) is 0 Å². The maximum Gasteiger partial charge on any atom is 0.315 e. The molecule has 8 heteroatoms. The molecule has 8 nitrogen and oxygen atoms in total. The van der Waals surface area contributed by atoms with E-state index in [1.54, 1.807) is 18.1 Å². The maximum absolute atomic E-state index is 12.3. The largest absolute Gasteiger partial charge is 0.497 e. The molecule has 1 aliphatic rings. The van der Waals surface area contributed by atoms with Crippen LogP contribution in [0, 0.1) is 0 Å². The molecular weight excluding hydrogens is 338 g/mol. The van der Waals surface area contributed by atoms with E-state index in [4.69, 9.17) is 14.2 Å². The molecule has 144 valence electrons. The maximum atomic E-state index is 12.3. The predicted molar refractivity (Wildman–Crippen MR) is 97.3 cm³/mol. The van der Waals surface area contributed by atoms with Crippen molar-refractivity contribution in [2.75, 3.05) is 38.3 Å². The molecule has 0 bridgehead atoms. The Kier molecular flexibility index (Phi) is 7.68. The van der Waals surface area contributed by atoms with Crippen LogP contribution in [0.15, 0.2) is 24.3 Å². The Balaban J connectivity index is 1.85. The molecule has 1 aromatic rings. The molecule has 1 unspecified atom stereocenters. The first-order chi connectivity index (χ1) is 12.6. The fourth-order valence-electron chi connectivity index (χ4n) is 2.78. The number of rotatable bonds is 9. The summed E-state index contributed by atoms with van der Waals surface area (Å²) in [6.07, 6.45) is -0.223. The highest BCUT2D eigenvalue weighted by Gasteiger charge is 2.31. The van der Waals surface area contributed by atoms with Gasteiger partial charge in [0.2, 0.25) is 5.91 Å². The van der Waals surface area contributed by atoms with E-state index in [0.29, 0.717) is 25.5 Å². The number of nitrogens with one attached hydrogen (secondary N) is 2. The number of hydrogen-bond acceptors (Lipinski definition) is 5. The number of methoxy groups -OCH3 is 1. The molecule has 1 aliphatic heterocycles. The van der Waals surface area contributed by atoms with E-state index in [-0.39, 0.29) is 30.9 Å². The van der Waals surface area contributed by atoms with Gasteiger partial charge in [0.15, 0.2) is 6.29 Å². The van der Waals surface area contributed by atoms with Crippen LogP contribution in [-0.2, 0) is 14.3 Å². The number of nitrogens with zero attached hydrogens (tertiary/aromatic N) is 1. The van der Waals surface area contributed by atoms with Gasteiger partial charge in [0.05, 0.1) is 19.7 Å². The number of urea groups is 1. The molecule has 1 saturated heterocycles. The van der Waals surface area contributed by atoms with Crippen LogP contribution in [0.4, 0.5) is 10.5 Å². The summed E-state index contributed by atoms with van der Waals surface area (Å²) < 4.78 is 15.9. The van der Waals surface area contributed by atoms with Crippen LogP contribution in [-0.4, -0.2) is 57.7 Å². The van der Waals surface area contributed by atoms with E-state index >= 15 is 0 Å². The van der Waals surface area contributed by atoms with Crippen molar-refractivity contribution in [3.8, 4) is 5.75 Å². The quantitative estimate of drug-likeness (QED) is 0.648. The van der Waals surface area contributed by atoms with E-state index in [2.05, 4.69) is 10.6 Å². The zero-order chi connectivity index (χ0) is 18.9. The molecule has 2 N–H and O–H groups in total. The second kappa shape index (κ2) is 9.98. The van der Waals surface area contributed by atoms with Crippen molar-refractivity contribution >= 4 is 17.6 Å². The van der Waals surface area contributed by atoms with Crippen LogP contribution in [0.25, 0.3) is 0 Å². The summed E-state index contributed by atoms with van der Waals surface area (Å²) in [4.78, 5) is 26.0. The average Bonchev–Trinajstić information content (AvgIpc) is 3.00. The summed E-state index contributed by atoms with van der Waals surface area (Å²) >= 11 is 0. The van der Waals surface area contributed by atoms with Crippen molar-refractivity contribution < 1.29 is 23.8 Å². The number of benzene rings is 1. The second-order valence-corrected chi connectivity index (χ2v) is 5.80. The summed E-state index contributed by atoms with van der Waals surface area (Å²) in [6, 6.07) is 6.69. The highest BCUT2D eigenvalue weighted by atomic mass is 16.7. The van der Waals surface area contributed by atoms with Crippen LogP contribution < -0.4 is 20.3 Å². The Labute approximate surface area is 153 Å². The zero-order valence-corrected chi connectivity index (χ0v) is 15.5. The predicted octanol–water partition coefficient (Wildman–Crippen LogP) is 1.50. The van der Waals surface area contributed by atoms with Crippen LogP contribution in [0.1, 0.15) is 20.3 Å². The minimum Gasteiger partial charge on any atom is -0.497 e. The average molecular weight is 365 g/mol. The van der Waals surface area contributed by atoms with Gasteiger partial charge >= 0.3 is 6.03 Å². The minimum atomic E-state index is -0.478. The van der Waals surface area contributed by atoms with Crippen molar-refractivity contribution in [1.82, 2.24) is 10.6 Å². The molecule has 26 heavy (non-hydrogen) atoms. The zero-order valence-electron chi connectivity index (χ0n) is 15.5. The van der Waals surface area contributed by atoms with Crippen molar-refractivity contribution in [2.45, 2.75) is 32.6 Å². The third kappa shape index (κ3) is 5.60. The van der Waals surface area contributed by atoms with Gasteiger partial charge in [-0.1, -0.05) is 6.07 Å². The SMILES string of the molecule is CCOC(CNC(=O)NC1CC(=O)N(c2cccc(OC)c2)C1)OCC. The second-order valence-electron chi connectivity index (χ2n) is 5.80. The van der Waals surface area contributed by atoms with Crippen molar-refractivity contribution in [1.29, 1.82) is 0 Å². The molecule has 0 radical (unpaired) electrons. The summed E-state index contributed by atoms with van der Waals surface area (Å²) in [7, 11) is 1.58. The monoisotopic (exact) mass is 365 g/mol. The van der Waals surface area contributed by atoms with E-state index < -0.39 is 6.29 Å². The van der Waals surface area contributed by atoms with Crippen molar-refractivity contribution in [3.63, 3.8) is 0 Å². The smallest absolute Gasteiger partial charge is 0.315 e. The molecule has 1 aromatic carbocycles. The topological polar surface area (TPSA) is 89.1 Å². The summed E-state index contributed by atoms with van der Waals surface area (Å²) in [6.45, 7) is 5.39. The van der Waals surface area contributed by atoms with Gasteiger partial charge in [-0.25, -0.2) is 4.79 Å². The third-order valence-electron chi connectivity index (χ3n) is 3.96. The lowest BCUT2D eigenvalue weighted by Gasteiger charge is -2.20. The van der Waals surface area contributed by atoms with E-state index in [9.17, 15) is 9.59 Å². The summed E-state index contributed by atoms with van der Waals surface area (Å²) in [5, 5.41) is 5.54. The highest BCUT2D eigenvalue weighted by molar-refractivity contribution is 5.97. The number of hydrogen-bond donors (Lipinski definition) is 2. The molecule has 0 aromatic heterocycles. The summed E-state index contributed by atoms with van der Waals surface area (Å²) in [5.41, 5.74) is 0.756. The molecule has 0 saturated carbocycles. The van der Waals surface area contributed by atoms with Crippen LogP contribution in [0.5, 0.6) is 5.75 Å². The molecule has 3 amide bonds. The third-order valence-corrected chi connectivity index (χ3v) is 3.96. The number of carbonyl (C=O) groups is 2. The Hall–Kier alpha value is -2.32. The van der Waals surface area contributed by atoms with Crippen molar-refractivity contribution in [2.24, 2.45) is 0 Å². The molecule has 1 fully saturated rings. The Morgan fingerprint density at radius 2 is 2.04 bits per heavy atom. The normalized spacial score (nSPS) is 16.8. The van der Waals surface area contributed by atoms with Gasteiger partial charge in [-0.05, 0) is 26.0 Å². The van der Waals surface area contributed by atoms with Crippen LogP contribution in [0.2, 0.25) is 0 Å². The highest BCUT2D eigenvalue weighted by Crippen LogP contribution is 2.25. The number of anilines is 1. The van der Waals surface area contributed by atoms with Crippen LogP contribution >= 0.6 is 0 Å². The number of ether oxygens (including phenoxy) is 3. The fraction of sp³-hybridized carbons (Fsp3) is 0.556. The lowest BCUT2D eigenvalue weighted by atomic mass is 10.2. The molecule has 1 atom stereocenters. The fourth-order valence-corrected chi connectivity index (χ4v) is 2.78. The summed E-state index contributed by atoms with van der Waals surface area (Å²) in [5.74, 6) is 0.646. The first kappa shape index (κ1) is 20.0. The van der Waals surface area contributed by atoms with Gasteiger partial charge in [-0.3, -0.25) is 4.79 Å². The molecule has 0 aliphatic carbocycles. The molecule has 2 rings (SSSR count). The lowest BCUT2D eigenvalue weighted by Crippen LogP contribution is -2.46. The van der Waals surface area contributed by atoms with Crippen LogP contribution in [0.3, 0.4) is 0 Å². The van der Waals surface area contributed by atoms with E-state index in [0.717, 1.165) is 5.69 Å². The lowest BCUT2D eigenvalue weighted by molar-refractivity contribution is -0.131. The standard InChI is InChI=1S/C18H27N3O5/c1-4-25-17(26-5-2)11-19-18(23)20-13-9-16(22)21(12-13)14-7-6-8-15(10-14)24-3/h6-8,10,13,17H,4-5,9,11-12H2,1-3H3,(H2,19,20,23). The van der Waals surface area contributed by atoms with Crippen molar-refractivity contribution in [3.05, 3.63) is 24.3 Å². The van der Waals surface area contributed by atoms with Gasteiger partial charge in [0.1, 0.15) is 5.75 Å². The molecule has 0 spiro atoms. The molecule has 1 heterocycles. The van der Waals surface area contributed by atoms with Gasteiger partial charge in [0, 0.05) is 37.9 Å². The first-order valence-electron chi connectivity index (χ1n) is 8.79. The van der Waals surface area contributed by atoms with Gasteiger partial charge < -0.3 is 29.7 Å². The Bertz CT molecular complexity index is 604. The number of amides is 3. The Morgan fingerprint density at radius 3 is 2.69 bits per heavy atom. The van der Waals surface area contributed by atoms with E-state index in [1.165, 1.54) is 0 Å². The number of carbonyl (C=O) groups excluding carboxylic acids is 2. The van der Waals surface area contributed by atoms with Gasteiger partial charge in [-0.2, -0.15) is 0 Å². The minimum absolute atomic E-state index is 0.0370. The van der Waals surface area contributed by atoms with E-state index in [1.807, 2.05) is 32.0 Å². The molecular formula is C18H27N3O5. The van der Waals surface area contributed by atoms with Gasteiger partial charge in [0.25, 0.3) is 0 Å². The Morgan fingerprint density at radius 1 is 1.31 bits per heavy atom.